The average molecular weight is 381 g/mol. The highest BCUT2D eigenvalue weighted by Gasteiger charge is 2.13. The van der Waals surface area contributed by atoms with Crippen LogP contribution in [0.5, 0.6) is 0 Å². The molecule has 28 heavy (non-hydrogen) atoms. The largest absolute Gasteiger partial charge is 0.467 e. The lowest BCUT2D eigenvalue weighted by atomic mass is 10.2. The third-order valence-corrected chi connectivity index (χ3v) is 4.24. The van der Waals surface area contributed by atoms with E-state index in [1.54, 1.807) is 30.7 Å². The second-order valence-corrected chi connectivity index (χ2v) is 6.12. The van der Waals surface area contributed by atoms with E-state index < -0.39 is 11.4 Å². The van der Waals surface area contributed by atoms with Crippen LogP contribution >= 0.6 is 0 Å². The molecule has 4 rings (SSSR count). The summed E-state index contributed by atoms with van der Waals surface area (Å²) >= 11 is 0. The maximum atomic E-state index is 13.4. The van der Waals surface area contributed by atoms with Gasteiger partial charge in [0, 0.05) is 25.2 Å². The van der Waals surface area contributed by atoms with Crippen LogP contribution in [0, 0.1) is 5.82 Å². The van der Waals surface area contributed by atoms with Gasteiger partial charge in [-0.3, -0.25) is 18.6 Å². The molecule has 8 nitrogen and oxygen atoms in total. The Morgan fingerprint density at radius 3 is 2.86 bits per heavy atom. The molecule has 0 atom stereocenters. The van der Waals surface area contributed by atoms with Crippen molar-refractivity contribution in [2.75, 3.05) is 0 Å². The van der Waals surface area contributed by atoms with Crippen LogP contribution in [0.2, 0.25) is 0 Å². The molecule has 3 aromatic heterocycles. The maximum absolute atomic E-state index is 13.4. The van der Waals surface area contributed by atoms with E-state index in [4.69, 9.17) is 4.42 Å². The molecule has 0 saturated heterocycles. The predicted molar refractivity (Wildman–Crippen MR) is 97.4 cm³/mol. The predicted octanol–water partition coefficient (Wildman–Crippen LogP) is 1.86. The fraction of sp³-hybridized carbons (Fsp3) is 0.158. The van der Waals surface area contributed by atoms with E-state index in [9.17, 15) is 14.0 Å². The Kier molecular flexibility index (Phi) is 4.71. The summed E-state index contributed by atoms with van der Waals surface area (Å²) < 4.78 is 21.4. The Bertz CT molecular complexity index is 1180. The van der Waals surface area contributed by atoms with Crippen molar-refractivity contribution >= 4 is 11.6 Å². The van der Waals surface area contributed by atoms with Gasteiger partial charge in [-0.15, -0.1) is 10.2 Å². The summed E-state index contributed by atoms with van der Waals surface area (Å²) in [5.41, 5.74) is 0.0845. The van der Waals surface area contributed by atoms with Crippen LogP contribution in [0.4, 0.5) is 4.39 Å². The van der Waals surface area contributed by atoms with Crippen LogP contribution in [0.25, 0.3) is 11.3 Å². The number of aromatic nitrogens is 4. The molecule has 0 aliphatic carbocycles. The fourth-order valence-corrected chi connectivity index (χ4v) is 2.85. The Hall–Kier alpha value is -3.75. The number of rotatable bonds is 6. The fourth-order valence-electron chi connectivity index (χ4n) is 2.85. The van der Waals surface area contributed by atoms with E-state index in [0.717, 1.165) is 0 Å². The van der Waals surface area contributed by atoms with Crippen LogP contribution in [0.15, 0.2) is 64.3 Å². The maximum Gasteiger partial charge on any atom is 0.300 e. The van der Waals surface area contributed by atoms with Crippen LogP contribution in [0.3, 0.4) is 0 Å². The first kappa shape index (κ1) is 17.7. The number of hydrogen-bond donors (Lipinski definition) is 1. The molecule has 3 heterocycles. The topological polar surface area (TPSA) is 94.4 Å². The lowest BCUT2D eigenvalue weighted by Gasteiger charge is -2.06. The minimum atomic E-state index is -0.438. The summed E-state index contributed by atoms with van der Waals surface area (Å²) in [5, 5.41) is 10.7. The van der Waals surface area contributed by atoms with Gasteiger partial charge in [0.05, 0.1) is 18.5 Å². The summed E-state index contributed by atoms with van der Waals surface area (Å²) in [4.78, 5) is 24.6. The number of hydrogen-bond acceptors (Lipinski definition) is 5. The van der Waals surface area contributed by atoms with E-state index in [0.29, 0.717) is 30.2 Å². The van der Waals surface area contributed by atoms with E-state index in [-0.39, 0.29) is 18.0 Å². The molecule has 142 valence electrons. The van der Waals surface area contributed by atoms with Crippen LogP contribution in [0.1, 0.15) is 18.0 Å². The number of furan rings is 1. The van der Waals surface area contributed by atoms with Crippen LogP contribution < -0.4 is 10.9 Å². The SMILES string of the molecule is O=C(CCc1nnc2c(=O)n(-c3cccc(F)c3)ccn12)NCc1ccco1. The van der Waals surface area contributed by atoms with Crippen molar-refractivity contribution in [3.05, 3.63) is 82.8 Å². The van der Waals surface area contributed by atoms with Gasteiger partial charge in [-0.1, -0.05) is 6.07 Å². The number of nitrogens with one attached hydrogen (secondary N) is 1. The number of halogens is 1. The third kappa shape index (κ3) is 3.54. The first-order valence-electron chi connectivity index (χ1n) is 8.62. The molecule has 9 heteroatoms. The summed E-state index contributed by atoms with van der Waals surface area (Å²) in [6.07, 6.45) is 5.19. The number of carbonyl (C=O) groups is 1. The van der Waals surface area contributed by atoms with Gasteiger partial charge in [-0.2, -0.15) is 0 Å². The number of aryl methyl sites for hydroxylation is 1. The summed E-state index contributed by atoms with van der Waals surface area (Å²) in [6, 6.07) is 9.24. The van der Waals surface area contributed by atoms with Gasteiger partial charge in [-0.25, -0.2) is 4.39 Å². The molecule has 0 saturated carbocycles. The lowest BCUT2D eigenvalue weighted by molar-refractivity contribution is -0.121. The van der Waals surface area contributed by atoms with Gasteiger partial charge in [0.2, 0.25) is 11.6 Å². The monoisotopic (exact) mass is 381 g/mol. The summed E-state index contributed by atoms with van der Waals surface area (Å²) in [6.45, 7) is 0.310. The quantitative estimate of drug-likeness (QED) is 0.550. The van der Waals surface area contributed by atoms with Crippen molar-refractivity contribution in [2.45, 2.75) is 19.4 Å². The molecular formula is C19H16FN5O3. The second-order valence-electron chi connectivity index (χ2n) is 6.12. The molecule has 1 amide bonds. The molecule has 0 unspecified atom stereocenters. The zero-order valence-corrected chi connectivity index (χ0v) is 14.7. The van der Waals surface area contributed by atoms with Gasteiger partial charge >= 0.3 is 5.56 Å². The van der Waals surface area contributed by atoms with Crippen molar-refractivity contribution in [3.63, 3.8) is 0 Å². The van der Waals surface area contributed by atoms with Crippen molar-refractivity contribution in [3.8, 4) is 5.69 Å². The van der Waals surface area contributed by atoms with Gasteiger partial charge in [0.1, 0.15) is 17.4 Å². The minimum absolute atomic E-state index is 0.109. The molecular weight excluding hydrogens is 365 g/mol. The van der Waals surface area contributed by atoms with E-state index in [1.165, 1.54) is 33.4 Å². The highest BCUT2D eigenvalue weighted by atomic mass is 19.1. The Morgan fingerprint density at radius 1 is 1.18 bits per heavy atom. The third-order valence-electron chi connectivity index (χ3n) is 4.24. The van der Waals surface area contributed by atoms with Crippen LogP contribution in [-0.4, -0.2) is 25.1 Å². The van der Waals surface area contributed by atoms with E-state index in [2.05, 4.69) is 15.5 Å². The van der Waals surface area contributed by atoms with Crippen LogP contribution in [-0.2, 0) is 17.8 Å². The highest BCUT2D eigenvalue weighted by molar-refractivity contribution is 5.76. The number of amides is 1. The molecule has 1 aromatic carbocycles. The molecule has 0 bridgehead atoms. The van der Waals surface area contributed by atoms with Gasteiger partial charge < -0.3 is 9.73 Å². The first-order chi connectivity index (χ1) is 13.6. The molecule has 0 aliphatic rings. The number of carbonyl (C=O) groups excluding carboxylic acids is 1. The average Bonchev–Trinajstić information content (AvgIpc) is 3.35. The van der Waals surface area contributed by atoms with E-state index in [1.807, 2.05) is 0 Å². The minimum Gasteiger partial charge on any atom is -0.467 e. The van der Waals surface area contributed by atoms with E-state index >= 15 is 0 Å². The first-order valence-corrected chi connectivity index (χ1v) is 8.62. The number of benzene rings is 1. The van der Waals surface area contributed by atoms with Crippen molar-refractivity contribution < 1.29 is 13.6 Å². The smallest absolute Gasteiger partial charge is 0.300 e. The van der Waals surface area contributed by atoms with Gasteiger partial charge in [0.15, 0.2) is 0 Å². The van der Waals surface area contributed by atoms with Gasteiger partial charge in [0.25, 0.3) is 0 Å². The number of fused-ring (bicyclic) bond motifs is 1. The zero-order valence-electron chi connectivity index (χ0n) is 14.7. The Labute approximate surface area is 158 Å². The Balaban J connectivity index is 1.49. The molecule has 1 N–H and O–H groups in total. The number of nitrogens with zero attached hydrogens (tertiary/aromatic N) is 4. The van der Waals surface area contributed by atoms with Crippen molar-refractivity contribution in [2.24, 2.45) is 0 Å². The normalized spacial score (nSPS) is 11.0. The Morgan fingerprint density at radius 2 is 2.07 bits per heavy atom. The summed E-state index contributed by atoms with van der Waals surface area (Å²) in [5.74, 6) is 0.555. The molecule has 0 spiro atoms. The molecule has 4 aromatic rings. The molecule has 0 fully saturated rings. The molecule has 0 radical (unpaired) electrons. The zero-order chi connectivity index (χ0) is 19.5. The second kappa shape index (κ2) is 7.47. The lowest BCUT2D eigenvalue weighted by Crippen LogP contribution is -2.23. The highest BCUT2D eigenvalue weighted by Crippen LogP contribution is 2.09. The standard InChI is InChI=1S/C19H16FN5O3/c20-13-3-1-4-14(11-13)24-8-9-25-16(22-23-18(25)19(24)27)6-7-17(26)21-12-15-5-2-10-28-15/h1-5,8-11H,6-7,12H2,(H,21,26). The molecule has 0 aliphatic heterocycles. The van der Waals surface area contributed by atoms with Crippen molar-refractivity contribution in [1.29, 1.82) is 0 Å². The summed E-state index contributed by atoms with van der Waals surface area (Å²) in [7, 11) is 0. The van der Waals surface area contributed by atoms with Crippen molar-refractivity contribution in [1.82, 2.24) is 24.5 Å². The van der Waals surface area contributed by atoms with Gasteiger partial charge in [-0.05, 0) is 30.3 Å².